The molecule has 0 heterocycles. The standard InChI is InChI=1S/C12H19FN2.ClH/c1-12(2,14)9-15(3)8-10-6-4-5-7-11(10)13;/h4-7H,8-9,14H2,1-3H3;1H. The van der Waals surface area contributed by atoms with Gasteiger partial charge in [-0.05, 0) is 27.0 Å². The Hall–Kier alpha value is -0.640. The van der Waals surface area contributed by atoms with Gasteiger partial charge in [0, 0.05) is 24.2 Å². The topological polar surface area (TPSA) is 29.3 Å². The molecule has 0 saturated heterocycles. The molecule has 16 heavy (non-hydrogen) atoms. The molecule has 0 fully saturated rings. The van der Waals surface area contributed by atoms with Crippen LogP contribution in [0.3, 0.4) is 0 Å². The summed E-state index contributed by atoms with van der Waals surface area (Å²) < 4.78 is 13.3. The molecule has 0 aliphatic rings. The first-order valence-corrected chi connectivity index (χ1v) is 5.09. The number of halogens is 2. The van der Waals surface area contributed by atoms with E-state index in [1.165, 1.54) is 6.07 Å². The Morgan fingerprint density at radius 3 is 2.38 bits per heavy atom. The van der Waals surface area contributed by atoms with Gasteiger partial charge in [-0.3, -0.25) is 0 Å². The van der Waals surface area contributed by atoms with Gasteiger partial charge < -0.3 is 10.6 Å². The van der Waals surface area contributed by atoms with Crippen molar-refractivity contribution in [2.75, 3.05) is 13.6 Å². The summed E-state index contributed by atoms with van der Waals surface area (Å²) in [5.74, 6) is -0.154. The summed E-state index contributed by atoms with van der Waals surface area (Å²) in [6.45, 7) is 5.25. The van der Waals surface area contributed by atoms with Gasteiger partial charge in [-0.1, -0.05) is 18.2 Å². The van der Waals surface area contributed by atoms with Crippen molar-refractivity contribution in [1.29, 1.82) is 0 Å². The summed E-state index contributed by atoms with van der Waals surface area (Å²) in [4.78, 5) is 2.03. The maximum Gasteiger partial charge on any atom is 0.127 e. The lowest BCUT2D eigenvalue weighted by Gasteiger charge is -2.26. The molecular formula is C12H20ClFN2. The minimum absolute atomic E-state index is 0. The number of nitrogens with two attached hydrogens (primary N) is 1. The van der Waals surface area contributed by atoms with E-state index in [2.05, 4.69) is 0 Å². The first-order valence-electron chi connectivity index (χ1n) is 5.09. The van der Waals surface area contributed by atoms with E-state index in [4.69, 9.17) is 5.73 Å². The molecule has 0 unspecified atom stereocenters. The molecule has 0 aromatic heterocycles. The van der Waals surface area contributed by atoms with Crippen LogP contribution in [0.25, 0.3) is 0 Å². The van der Waals surface area contributed by atoms with Crippen LogP contribution in [0.2, 0.25) is 0 Å². The number of likely N-dealkylation sites (N-methyl/N-ethyl adjacent to an activating group) is 1. The Morgan fingerprint density at radius 1 is 1.31 bits per heavy atom. The monoisotopic (exact) mass is 246 g/mol. The lowest BCUT2D eigenvalue weighted by atomic mass is 10.1. The second kappa shape index (κ2) is 6.18. The van der Waals surface area contributed by atoms with Crippen LogP contribution >= 0.6 is 12.4 Å². The molecule has 0 aliphatic heterocycles. The van der Waals surface area contributed by atoms with Crippen LogP contribution in [0.15, 0.2) is 24.3 Å². The van der Waals surface area contributed by atoms with E-state index in [9.17, 15) is 4.39 Å². The van der Waals surface area contributed by atoms with Crippen LogP contribution in [0.5, 0.6) is 0 Å². The van der Waals surface area contributed by atoms with Crippen molar-refractivity contribution in [1.82, 2.24) is 4.90 Å². The normalized spacial score (nSPS) is 11.4. The van der Waals surface area contributed by atoms with Crippen molar-refractivity contribution in [2.24, 2.45) is 5.73 Å². The van der Waals surface area contributed by atoms with Crippen LogP contribution in [0.1, 0.15) is 19.4 Å². The van der Waals surface area contributed by atoms with Gasteiger partial charge in [-0.25, -0.2) is 4.39 Å². The molecule has 2 N–H and O–H groups in total. The summed E-state index contributed by atoms with van der Waals surface area (Å²) in [5.41, 5.74) is 6.35. The molecular weight excluding hydrogens is 227 g/mol. The van der Waals surface area contributed by atoms with Crippen LogP contribution in [-0.4, -0.2) is 24.0 Å². The lowest BCUT2D eigenvalue weighted by Crippen LogP contribution is -2.43. The van der Waals surface area contributed by atoms with E-state index in [0.29, 0.717) is 12.1 Å². The van der Waals surface area contributed by atoms with Gasteiger partial charge in [0.25, 0.3) is 0 Å². The number of nitrogens with zero attached hydrogens (tertiary/aromatic N) is 1. The lowest BCUT2D eigenvalue weighted by molar-refractivity contribution is 0.260. The fraction of sp³-hybridized carbons (Fsp3) is 0.500. The van der Waals surface area contributed by atoms with Crippen LogP contribution in [-0.2, 0) is 6.54 Å². The van der Waals surface area contributed by atoms with Crippen molar-refractivity contribution in [2.45, 2.75) is 25.9 Å². The smallest absolute Gasteiger partial charge is 0.127 e. The second-order valence-electron chi connectivity index (χ2n) is 4.75. The van der Waals surface area contributed by atoms with E-state index in [1.54, 1.807) is 12.1 Å². The predicted molar refractivity (Wildman–Crippen MR) is 68.2 cm³/mol. The Labute approximate surface area is 103 Å². The third-order valence-corrected chi connectivity index (χ3v) is 2.08. The maximum absolute atomic E-state index is 13.3. The Morgan fingerprint density at radius 2 is 1.88 bits per heavy atom. The van der Waals surface area contributed by atoms with E-state index in [-0.39, 0.29) is 23.8 Å². The van der Waals surface area contributed by atoms with Gasteiger partial charge in [0.05, 0.1) is 0 Å². The first-order chi connectivity index (χ1) is 6.88. The van der Waals surface area contributed by atoms with Gasteiger partial charge in [-0.15, -0.1) is 12.4 Å². The van der Waals surface area contributed by atoms with Gasteiger partial charge in [0.1, 0.15) is 5.82 Å². The van der Waals surface area contributed by atoms with E-state index in [0.717, 1.165) is 6.54 Å². The number of hydrogen-bond acceptors (Lipinski definition) is 2. The van der Waals surface area contributed by atoms with Crippen LogP contribution in [0.4, 0.5) is 4.39 Å². The fourth-order valence-corrected chi connectivity index (χ4v) is 1.67. The highest BCUT2D eigenvalue weighted by molar-refractivity contribution is 5.85. The van der Waals surface area contributed by atoms with Crippen molar-refractivity contribution in [3.05, 3.63) is 35.6 Å². The molecule has 0 aliphatic carbocycles. The molecule has 4 heteroatoms. The Balaban J connectivity index is 0.00000225. The molecule has 0 amide bonds. The Kier molecular flexibility index (Phi) is 5.94. The number of benzene rings is 1. The number of hydrogen-bond donors (Lipinski definition) is 1. The highest BCUT2D eigenvalue weighted by atomic mass is 35.5. The maximum atomic E-state index is 13.3. The van der Waals surface area contributed by atoms with Gasteiger partial charge >= 0.3 is 0 Å². The Bertz CT molecular complexity index is 323. The highest BCUT2D eigenvalue weighted by Crippen LogP contribution is 2.10. The molecule has 92 valence electrons. The number of rotatable bonds is 4. The summed E-state index contributed by atoms with van der Waals surface area (Å²) in [6.07, 6.45) is 0. The minimum atomic E-state index is -0.250. The van der Waals surface area contributed by atoms with Crippen molar-refractivity contribution >= 4 is 12.4 Å². The third kappa shape index (κ3) is 5.45. The van der Waals surface area contributed by atoms with Crippen molar-refractivity contribution in [3.63, 3.8) is 0 Å². The highest BCUT2D eigenvalue weighted by Gasteiger charge is 2.14. The summed E-state index contributed by atoms with van der Waals surface area (Å²) >= 11 is 0. The zero-order chi connectivity index (χ0) is 11.5. The molecule has 1 rings (SSSR count). The molecule has 1 aromatic rings. The fourth-order valence-electron chi connectivity index (χ4n) is 1.67. The first kappa shape index (κ1) is 15.4. The SMILES string of the molecule is CN(Cc1ccccc1F)CC(C)(C)N.Cl. The zero-order valence-electron chi connectivity index (χ0n) is 10.0. The average Bonchev–Trinajstić information content (AvgIpc) is 2.05. The van der Waals surface area contributed by atoms with E-state index < -0.39 is 0 Å². The summed E-state index contributed by atoms with van der Waals surface area (Å²) in [5, 5.41) is 0. The molecule has 2 nitrogen and oxygen atoms in total. The van der Waals surface area contributed by atoms with Gasteiger partial charge in [0.15, 0.2) is 0 Å². The summed E-state index contributed by atoms with van der Waals surface area (Å²) in [6, 6.07) is 6.83. The van der Waals surface area contributed by atoms with Crippen LogP contribution in [0, 0.1) is 5.82 Å². The molecule has 0 spiro atoms. The van der Waals surface area contributed by atoms with E-state index in [1.807, 2.05) is 31.9 Å². The van der Waals surface area contributed by atoms with Crippen molar-refractivity contribution < 1.29 is 4.39 Å². The van der Waals surface area contributed by atoms with Crippen LogP contribution < -0.4 is 5.73 Å². The van der Waals surface area contributed by atoms with E-state index >= 15 is 0 Å². The molecule has 0 atom stereocenters. The quantitative estimate of drug-likeness (QED) is 0.884. The van der Waals surface area contributed by atoms with Crippen molar-refractivity contribution in [3.8, 4) is 0 Å². The summed E-state index contributed by atoms with van der Waals surface area (Å²) in [7, 11) is 1.95. The largest absolute Gasteiger partial charge is 0.324 e. The molecule has 1 aromatic carbocycles. The minimum Gasteiger partial charge on any atom is -0.324 e. The zero-order valence-corrected chi connectivity index (χ0v) is 10.9. The predicted octanol–water partition coefficient (Wildman–Crippen LogP) is 2.42. The average molecular weight is 247 g/mol. The van der Waals surface area contributed by atoms with Gasteiger partial charge in [0.2, 0.25) is 0 Å². The third-order valence-electron chi connectivity index (χ3n) is 2.08. The molecule has 0 saturated carbocycles. The molecule has 0 radical (unpaired) electrons. The van der Waals surface area contributed by atoms with Gasteiger partial charge in [-0.2, -0.15) is 0 Å². The molecule has 0 bridgehead atoms. The second-order valence-corrected chi connectivity index (χ2v) is 4.75.